The highest BCUT2D eigenvalue weighted by molar-refractivity contribution is 7.87. The van der Waals surface area contributed by atoms with Crippen molar-refractivity contribution in [2.45, 2.75) is 12.4 Å². The fraction of sp³-hybridized carbons (Fsp3) is 1.00. The van der Waals surface area contributed by atoms with Gasteiger partial charge in [0.05, 0.1) is 6.61 Å². The molecule has 0 unspecified atom stereocenters. The molecule has 0 aliphatic carbocycles. The van der Waals surface area contributed by atoms with Gasteiger partial charge in [0.25, 0.3) is 0 Å². The highest BCUT2D eigenvalue weighted by Gasteiger charge is 2.46. The van der Waals surface area contributed by atoms with E-state index in [-0.39, 0.29) is 0 Å². The van der Waals surface area contributed by atoms with E-state index in [0.29, 0.717) is 0 Å². The lowest BCUT2D eigenvalue weighted by Crippen LogP contribution is -2.25. The Labute approximate surface area is 55.9 Å². The average Bonchev–Trinajstić information content (AvgIpc) is 1.61. The van der Waals surface area contributed by atoms with Gasteiger partial charge in [-0.2, -0.15) is 21.6 Å². The summed E-state index contributed by atoms with van der Waals surface area (Å²) in [7, 11) is -5.35. The third-order valence-electron chi connectivity index (χ3n) is 0.556. The number of hydrogen-bond donors (Lipinski definition) is 0. The molecule has 0 atom stereocenters. The van der Waals surface area contributed by atoms with Crippen LogP contribution in [0.1, 0.15) is 6.92 Å². The lowest BCUT2D eigenvalue weighted by molar-refractivity contribution is -0.0539. The number of hydrogen-bond acceptors (Lipinski definition) is 3. The molecule has 0 aliphatic heterocycles. The predicted molar refractivity (Wildman–Crippen MR) is 26.6 cm³/mol. The molecule has 0 saturated carbocycles. The van der Waals surface area contributed by atoms with Crippen molar-refractivity contribution in [2.75, 3.05) is 6.61 Å². The minimum Gasteiger partial charge on any atom is -0.263 e. The standard InChI is InChI=1S/C3H5F3O3S/c1-2-9-10(7,8)3(4,5)6/h2H2,1H3/i2-1. The van der Waals surface area contributed by atoms with Gasteiger partial charge in [0.2, 0.25) is 0 Å². The fourth-order valence-corrected chi connectivity index (χ4v) is 0.666. The molecule has 0 rings (SSSR count). The maximum Gasteiger partial charge on any atom is 0.523 e. The van der Waals surface area contributed by atoms with E-state index in [9.17, 15) is 21.6 Å². The molecular weight excluding hydrogens is 172 g/mol. The van der Waals surface area contributed by atoms with Crippen LogP contribution in [-0.4, -0.2) is 20.5 Å². The van der Waals surface area contributed by atoms with Crippen molar-refractivity contribution in [3.63, 3.8) is 0 Å². The van der Waals surface area contributed by atoms with Crippen molar-refractivity contribution in [1.29, 1.82) is 0 Å². The average molecular weight is 177 g/mol. The molecule has 62 valence electrons. The van der Waals surface area contributed by atoms with Crippen molar-refractivity contribution < 1.29 is 25.8 Å². The molecule has 7 heteroatoms. The molecule has 0 aromatic rings. The van der Waals surface area contributed by atoms with Crippen LogP contribution < -0.4 is 0 Å². The SMILES string of the molecule is C[11CH2]OS(=O)(=O)C(F)(F)F. The summed E-state index contributed by atoms with van der Waals surface area (Å²) in [6.07, 6.45) is 0. The predicted octanol–water partition coefficient (Wildman–Crippen LogP) is 0.873. The minimum atomic E-state index is -5.35. The van der Waals surface area contributed by atoms with Crippen LogP contribution >= 0.6 is 0 Å². The van der Waals surface area contributed by atoms with Gasteiger partial charge in [0.15, 0.2) is 0 Å². The molecule has 0 radical (unpaired) electrons. The largest absolute Gasteiger partial charge is 0.523 e. The first kappa shape index (κ1) is 9.70. The molecule has 10 heavy (non-hydrogen) atoms. The van der Waals surface area contributed by atoms with E-state index in [1.165, 1.54) is 0 Å². The number of alkyl halides is 3. The molecule has 0 N–H and O–H groups in total. The lowest BCUT2D eigenvalue weighted by atomic mass is 10.3. The third-order valence-corrected chi connectivity index (χ3v) is 1.67. The second-order valence-electron chi connectivity index (χ2n) is 1.31. The molecule has 0 aliphatic rings. The normalized spacial score (nSPS) is 13.6. The van der Waals surface area contributed by atoms with Crippen molar-refractivity contribution in [2.24, 2.45) is 0 Å². The van der Waals surface area contributed by atoms with E-state index in [2.05, 4.69) is 4.18 Å². The summed E-state index contributed by atoms with van der Waals surface area (Å²) < 4.78 is 57.2. The van der Waals surface area contributed by atoms with Crippen LogP contribution in [-0.2, 0) is 14.3 Å². The Kier molecular flexibility index (Phi) is 2.67. The van der Waals surface area contributed by atoms with Gasteiger partial charge in [0, 0.05) is 0 Å². The van der Waals surface area contributed by atoms with Crippen LogP contribution in [0.3, 0.4) is 0 Å². The maximum absolute atomic E-state index is 11.3. The zero-order chi connectivity index (χ0) is 8.41. The van der Waals surface area contributed by atoms with E-state index in [0.717, 1.165) is 6.92 Å². The van der Waals surface area contributed by atoms with Crippen molar-refractivity contribution >= 4 is 10.1 Å². The van der Waals surface area contributed by atoms with E-state index >= 15 is 0 Å². The first-order valence-corrected chi connectivity index (χ1v) is 3.68. The van der Waals surface area contributed by atoms with Gasteiger partial charge in [-0.25, -0.2) is 0 Å². The molecule has 0 aromatic carbocycles. The van der Waals surface area contributed by atoms with Crippen molar-refractivity contribution in [3.8, 4) is 0 Å². The molecule has 0 bridgehead atoms. The number of rotatable bonds is 2. The molecular formula is C3H5F3O3S. The minimum absolute atomic E-state index is 0.512. The van der Waals surface area contributed by atoms with Crippen LogP contribution in [0.25, 0.3) is 0 Å². The first-order chi connectivity index (χ1) is 4.31. The molecule has 0 heterocycles. The molecule has 3 nitrogen and oxygen atoms in total. The Morgan fingerprint density at radius 2 is 1.80 bits per heavy atom. The second kappa shape index (κ2) is 2.75. The highest BCUT2D eigenvalue weighted by atomic mass is 32.2. The van der Waals surface area contributed by atoms with E-state index < -0.39 is 22.2 Å². The molecule has 0 spiro atoms. The Hall–Kier alpha value is -0.300. The van der Waals surface area contributed by atoms with Gasteiger partial charge in [-0.15, -0.1) is 0 Å². The van der Waals surface area contributed by atoms with E-state index in [4.69, 9.17) is 0 Å². The smallest absolute Gasteiger partial charge is 0.263 e. The maximum atomic E-state index is 11.3. The zero-order valence-corrected chi connectivity index (χ0v) is 5.79. The summed E-state index contributed by atoms with van der Waals surface area (Å²) in [5.74, 6) is 0. The van der Waals surface area contributed by atoms with Crippen molar-refractivity contribution in [1.82, 2.24) is 0 Å². The van der Waals surface area contributed by atoms with Gasteiger partial charge < -0.3 is 0 Å². The third kappa shape index (κ3) is 2.14. The molecule has 0 saturated heterocycles. The van der Waals surface area contributed by atoms with Crippen LogP contribution in [0.4, 0.5) is 13.2 Å². The quantitative estimate of drug-likeness (QED) is 0.464. The summed E-state index contributed by atoms with van der Waals surface area (Å²) >= 11 is 0. The van der Waals surface area contributed by atoms with E-state index in [1.54, 1.807) is 0 Å². The van der Waals surface area contributed by atoms with Gasteiger partial charge in [0.1, 0.15) is 0 Å². The van der Waals surface area contributed by atoms with Crippen LogP contribution in [0.2, 0.25) is 0 Å². The Morgan fingerprint density at radius 3 is 1.90 bits per heavy atom. The Morgan fingerprint density at radius 1 is 1.40 bits per heavy atom. The van der Waals surface area contributed by atoms with E-state index in [1.807, 2.05) is 0 Å². The highest BCUT2D eigenvalue weighted by Crippen LogP contribution is 2.23. The Balaban J connectivity index is 4.44. The summed E-state index contributed by atoms with van der Waals surface area (Å²) in [6, 6.07) is 0. The van der Waals surface area contributed by atoms with Gasteiger partial charge >= 0.3 is 15.6 Å². The Bertz CT molecular complexity index is 192. The van der Waals surface area contributed by atoms with Gasteiger partial charge in [-0.05, 0) is 6.92 Å². The zero-order valence-electron chi connectivity index (χ0n) is 4.97. The van der Waals surface area contributed by atoms with Crippen molar-refractivity contribution in [3.05, 3.63) is 0 Å². The second-order valence-corrected chi connectivity index (χ2v) is 2.91. The van der Waals surface area contributed by atoms with Gasteiger partial charge in [-0.3, -0.25) is 4.18 Å². The summed E-state index contributed by atoms with van der Waals surface area (Å²) in [6.45, 7) is 0.644. The lowest BCUT2D eigenvalue weighted by Gasteiger charge is -2.05. The fourth-order valence-electron chi connectivity index (χ4n) is 0.222. The molecule has 0 fully saturated rings. The summed E-state index contributed by atoms with van der Waals surface area (Å²) in [5.41, 5.74) is -5.30. The van der Waals surface area contributed by atoms with Crippen LogP contribution in [0.15, 0.2) is 0 Å². The number of halogens is 3. The first-order valence-electron chi connectivity index (χ1n) is 2.27. The molecule has 0 aromatic heterocycles. The summed E-state index contributed by atoms with van der Waals surface area (Å²) in [5, 5.41) is 0. The molecule has 0 amide bonds. The monoisotopic (exact) mass is 177 g/mol. The van der Waals surface area contributed by atoms with Gasteiger partial charge in [-0.1, -0.05) is 0 Å². The van der Waals surface area contributed by atoms with Crippen LogP contribution in [0.5, 0.6) is 0 Å². The topological polar surface area (TPSA) is 43.4 Å². The summed E-state index contributed by atoms with van der Waals surface area (Å²) in [4.78, 5) is 0. The van der Waals surface area contributed by atoms with Crippen LogP contribution in [0, 0.1) is 0 Å².